The van der Waals surface area contributed by atoms with Gasteiger partial charge in [0.2, 0.25) is 5.91 Å². The van der Waals surface area contributed by atoms with E-state index in [1.165, 1.54) is 11.1 Å². The van der Waals surface area contributed by atoms with E-state index in [1.807, 2.05) is 4.90 Å². The molecule has 19 heavy (non-hydrogen) atoms. The second-order valence-corrected chi connectivity index (χ2v) is 6.37. The predicted molar refractivity (Wildman–Crippen MR) is 80.5 cm³/mol. The van der Waals surface area contributed by atoms with Crippen LogP contribution in [0.5, 0.6) is 0 Å². The number of carbonyl (C=O) groups excluding carboxylic acids is 1. The van der Waals surface area contributed by atoms with E-state index in [4.69, 9.17) is 0 Å². The second kappa shape index (κ2) is 5.36. The number of anilines is 1. The van der Waals surface area contributed by atoms with Crippen molar-refractivity contribution in [1.29, 1.82) is 0 Å². The van der Waals surface area contributed by atoms with E-state index in [-0.39, 0.29) is 11.8 Å². The van der Waals surface area contributed by atoms with Crippen LogP contribution in [-0.2, 0) is 11.2 Å². The van der Waals surface area contributed by atoms with Crippen LogP contribution in [0.4, 0.5) is 5.69 Å². The molecular formula is C17H25NO. The topological polar surface area (TPSA) is 20.3 Å². The SMILES string of the molecule is Cc1cccc2c1N(C(=O)C(C)CC(C)C)C(C)C2. The second-order valence-electron chi connectivity index (χ2n) is 6.37. The van der Waals surface area contributed by atoms with Gasteiger partial charge in [0, 0.05) is 12.0 Å². The zero-order chi connectivity index (χ0) is 14.2. The van der Waals surface area contributed by atoms with Crippen molar-refractivity contribution in [2.24, 2.45) is 11.8 Å². The van der Waals surface area contributed by atoms with Crippen molar-refractivity contribution in [3.63, 3.8) is 0 Å². The van der Waals surface area contributed by atoms with E-state index < -0.39 is 0 Å². The third-order valence-corrected chi connectivity index (χ3v) is 4.00. The van der Waals surface area contributed by atoms with Crippen molar-refractivity contribution in [2.45, 2.75) is 53.5 Å². The molecule has 2 heteroatoms. The third kappa shape index (κ3) is 2.68. The van der Waals surface area contributed by atoms with Gasteiger partial charge in [0.15, 0.2) is 0 Å². The number of carbonyl (C=O) groups is 1. The van der Waals surface area contributed by atoms with Gasteiger partial charge in [0.1, 0.15) is 0 Å². The summed E-state index contributed by atoms with van der Waals surface area (Å²) in [6.45, 7) is 10.7. The molecule has 0 N–H and O–H groups in total. The summed E-state index contributed by atoms with van der Waals surface area (Å²) >= 11 is 0. The van der Waals surface area contributed by atoms with Gasteiger partial charge >= 0.3 is 0 Å². The van der Waals surface area contributed by atoms with Crippen LogP contribution in [0.25, 0.3) is 0 Å². The summed E-state index contributed by atoms with van der Waals surface area (Å²) in [5, 5.41) is 0. The zero-order valence-electron chi connectivity index (χ0n) is 12.7. The quantitative estimate of drug-likeness (QED) is 0.804. The highest BCUT2D eigenvalue weighted by atomic mass is 16.2. The van der Waals surface area contributed by atoms with Crippen LogP contribution in [0.3, 0.4) is 0 Å². The summed E-state index contributed by atoms with van der Waals surface area (Å²) < 4.78 is 0. The van der Waals surface area contributed by atoms with E-state index in [0.29, 0.717) is 12.0 Å². The fraction of sp³-hybridized carbons (Fsp3) is 0.588. The van der Waals surface area contributed by atoms with Crippen LogP contribution >= 0.6 is 0 Å². The van der Waals surface area contributed by atoms with Gasteiger partial charge in [-0.25, -0.2) is 0 Å². The number of aryl methyl sites for hydroxylation is 1. The van der Waals surface area contributed by atoms with Crippen molar-refractivity contribution in [3.05, 3.63) is 29.3 Å². The molecule has 0 fully saturated rings. The monoisotopic (exact) mass is 259 g/mol. The molecule has 1 aliphatic heterocycles. The lowest BCUT2D eigenvalue weighted by atomic mass is 9.97. The number of nitrogens with zero attached hydrogens (tertiary/aromatic N) is 1. The molecule has 2 nitrogen and oxygen atoms in total. The van der Waals surface area contributed by atoms with E-state index in [2.05, 4.69) is 52.8 Å². The minimum atomic E-state index is 0.105. The standard InChI is InChI=1S/C17H25NO/c1-11(2)9-13(4)17(19)18-14(5)10-15-8-6-7-12(3)16(15)18/h6-8,11,13-14H,9-10H2,1-5H3. The summed E-state index contributed by atoms with van der Waals surface area (Å²) in [6, 6.07) is 6.63. The van der Waals surface area contributed by atoms with E-state index >= 15 is 0 Å². The molecule has 1 aromatic rings. The molecule has 2 atom stereocenters. The Balaban J connectivity index is 2.29. The fourth-order valence-electron chi connectivity index (χ4n) is 3.23. The van der Waals surface area contributed by atoms with Crippen LogP contribution in [0.1, 0.15) is 45.2 Å². The van der Waals surface area contributed by atoms with E-state index in [0.717, 1.165) is 18.5 Å². The lowest BCUT2D eigenvalue weighted by Crippen LogP contribution is -2.39. The highest BCUT2D eigenvalue weighted by molar-refractivity contribution is 5.98. The maximum absolute atomic E-state index is 12.7. The van der Waals surface area contributed by atoms with Crippen molar-refractivity contribution >= 4 is 11.6 Å². The largest absolute Gasteiger partial charge is 0.309 e. The summed E-state index contributed by atoms with van der Waals surface area (Å²) in [7, 11) is 0. The summed E-state index contributed by atoms with van der Waals surface area (Å²) in [5.41, 5.74) is 3.69. The molecule has 0 radical (unpaired) electrons. The summed E-state index contributed by atoms with van der Waals surface area (Å²) in [5.74, 6) is 0.954. The Kier molecular flexibility index (Phi) is 3.98. The number of benzene rings is 1. The van der Waals surface area contributed by atoms with Gasteiger partial charge in [0.05, 0.1) is 5.69 Å². The predicted octanol–water partition coefficient (Wildman–Crippen LogP) is 3.95. The van der Waals surface area contributed by atoms with E-state index in [9.17, 15) is 4.79 Å². The molecule has 0 aromatic heterocycles. The van der Waals surface area contributed by atoms with Gasteiger partial charge in [0.25, 0.3) is 0 Å². The first-order chi connectivity index (χ1) is 8.91. The van der Waals surface area contributed by atoms with Gasteiger partial charge in [-0.05, 0) is 43.7 Å². The molecule has 2 rings (SSSR count). The van der Waals surface area contributed by atoms with Gasteiger partial charge in [-0.15, -0.1) is 0 Å². The first-order valence-corrected chi connectivity index (χ1v) is 7.33. The molecule has 0 saturated carbocycles. The highest BCUT2D eigenvalue weighted by Crippen LogP contribution is 2.36. The first-order valence-electron chi connectivity index (χ1n) is 7.33. The molecule has 1 aliphatic rings. The molecular weight excluding hydrogens is 234 g/mol. The summed E-state index contributed by atoms with van der Waals surface area (Å²) in [6.07, 6.45) is 1.94. The van der Waals surface area contributed by atoms with Crippen molar-refractivity contribution in [3.8, 4) is 0 Å². The molecule has 1 aromatic carbocycles. The van der Waals surface area contributed by atoms with Gasteiger partial charge in [-0.2, -0.15) is 0 Å². The van der Waals surface area contributed by atoms with Crippen LogP contribution in [0.15, 0.2) is 18.2 Å². The lowest BCUT2D eigenvalue weighted by molar-refractivity contribution is -0.122. The normalized spacial score (nSPS) is 19.7. The maximum Gasteiger partial charge on any atom is 0.230 e. The maximum atomic E-state index is 12.7. The zero-order valence-corrected chi connectivity index (χ0v) is 12.7. The lowest BCUT2D eigenvalue weighted by Gasteiger charge is -2.27. The molecule has 104 valence electrons. The molecule has 0 aliphatic carbocycles. The highest BCUT2D eigenvalue weighted by Gasteiger charge is 2.34. The van der Waals surface area contributed by atoms with Crippen LogP contribution in [0, 0.1) is 18.8 Å². The number of amides is 1. The van der Waals surface area contributed by atoms with Crippen molar-refractivity contribution in [1.82, 2.24) is 0 Å². The van der Waals surface area contributed by atoms with Gasteiger partial charge in [-0.3, -0.25) is 4.79 Å². The number of fused-ring (bicyclic) bond motifs is 1. The molecule has 0 saturated heterocycles. The molecule has 0 spiro atoms. The molecule has 0 bridgehead atoms. The van der Waals surface area contributed by atoms with Crippen LogP contribution in [0.2, 0.25) is 0 Å². The van der Waals surface area contributed by atoms with Gasteiger partial charge in [-0.1, -0.05) is 39.0 Å². The number of rotatable bonds is 3. The Morgan fingerprint density at radius 3 is 2.68 bits per heavy atom. The van der Waals surface area contributed by atoms with Crippen molar-refractivity contribution < 1.29 is 4.79 Å². The Morgan fingerprint density at radius 2 is 2.05 bits per heavy atom. The molecule has 1 heterocycles. The van der Waals surface area contributed by atoms with Gasteiger partial charge < -0.3 is 4.90 Å². The Morgan fingerprint density at radius 1 is 1.37 bits per heavy atom. The summed E-state index contributed by atoms with van der Waals surface area (Å²) in [4.78, 5) is 14.8. The Bertz CT molecular complexity index is 478. The third-order valence-electron chi connectivity index (χ3n) is 4.00. The molecule has 1 amide bonds. The van der Waals surface area contributed by atoms with Crippen molar-refractivity contribution in [2.75, 3.05) is 4.90 Å². The minimum absolute atomic E-state index is 0.105. The Labute approximate surface area is 116 Å². The first kappa shape index (κ1) is 14.1. The number of hydrogen-bond acceptors (Lipinski definition) is 1. The number of para-hydroxylation sites is 1. The van der Waals surface area contributed by atoms with Crippen LogP contribution in [-0.4, -0.2) is 11.9 Å². The average molecular weight is 259 g/mol. The fourth-order valence-corrected chi connectivity index (χ4v) is 3.23. The average Bonchev–Trinajstić information content (AvgIpc) is 2.65. The minimum Gasteiger partial charge on any atom is -0.309 e. The van der Waals surface area contributed by atoms with E-state index in [1.54, 1.807) is 0 Å². The molecule has 2 unspecified atom stereocenters. The smallest absolute Gasteiger partial charge is 0.230 e. The van der Waals surface area contributed by atoms with Crippen LogP contribution < -0.4 is 4.90 Å². The Hall–Kier alpha value is -1.31. The number of hydrogen-bond donors (Lipinski definition) is 0.